The van der Waals surface area contributed by atoms with Crippen molar-refractivity contribution >= 4 is 17.7 Å². The number of amides is 1. The van der Waals surface area contributed by atoms with Crippen molar-refractivity contribution < 1.29 is 9.32 Å². The van der Waals surface area contributed by atoms with E-state index in [1.165, 1.54) is 10.5 Å². The fourth-order valence-electron chi connectivity index (χ4n) is 4.11. The van der Waals surface area contributed by atoms with Crippen LogP contribution >= 0.6 is 11.8 Å². The summed E-state index contributed by atoms with van der Waals surface area (Å²) in [5, 5.41) is 7.29. The van der Waals surface area contributed by atoms with Gasteiger partial charge in [-0.1, -0.05) is 47.1 Å². The van der Waals surface area contributed by atoms with Gasteiger partial charge in [0, 0.05) is 23.5 Å². The molecule has 7 heteroatoms. The maximum atomic E-state index is 12.7. The molecule has 2 heterocycles. The highest BCUT2D eigenvalue weighted by molar-refractivity contribution is 7.99. The van der Waals surface area contributed by atoms with Gasteiger partial charge in [-0.25, -0.2) is 0 Å². The summed E-state index contributed by atoms with van der Waals surface area (Å²) in [4.78, 5) is 20.8. The van der Waals surface area contributed by atoms with Crippen molar-refractivity contribution in [1.29, 1.82) is 0 Å². The number of piperidine rings is 1. The highest BCUT2D eigenvalue weighted by atomic mass is 32.2. The highest BCUT2D eigenvalue weighted by Crippen LogP contribution is 2.22. The van der Waals surface area contributed by atoms with E-state index < -0.39 is 0 Å². The minimum absolute atomic E-state index is 0.0160. The number of nitrogens with one attached hydrogen (secondary N) is 1. The van der Waals surface area contributed by atoms with Gasteiger partial charge in [-0.2, -0.15) is 4.98 Å². The van der Waals surface area contributed by atoms with Crippen LogP contribution in [0.4, 0.5) is 0 Å². The first-order chi connectivity index (χ1) is 16.1. The van der Waals surface area contributed by atoms with Crippen molar-refractivity contribution in [1.82, 2.24) is 20.4 Å². The van der Waals surface area contributed by atoms with Crippen LogP contribution in [0.15, 0.2) is 57.9 Å². The number of aryl methyl sites for hydroxylation is 2. The second kappa shape index (κ2) is 11.5. The molecule has 33 heavy (non-hydrogen) atoms. The van der Waals surface area contributed by atoms with Crippen molar-refractivity contribution in [2.75, 3.05) is 25.4 Å². The number of thioether (sulfide) groups is 1. The first kappa shape index (κ1) is 23.5. The molecule has 1 fully saturated rings. The Hall–Kier alpha value is -2.64. The lowest BCUT2D eigenvalue weighted by Crippen LogP contribution is -2.43. The Morgan fingerprint density at radius 1 is 1.18 bits per heavy atom. The van der Waals surface area contributed by atoms with E-state index in [-0.39, 0.29) is 11.8 Å². The van der Waals surface area contributed by atoms with Crippen molar-refractivity contribution in [3.63, 3.8) is 0 Å². The molecule has 1 atom stereocenters. The Balaban J connectivity index is 1.20. The Labute approximate surface area is 200 Å². The summed E-state index contributed by atoms with van der Waals surface area (Å²) in [5.74, 6) is 2.40. The first-order valence-corrected chi connectivity index (χ1v) is 12.6. The summed E-state index contributed by atoms with van der Waals surface area (Å²) in [6.07, 6.45) is 2.89. The fourth-order valence-corrected chi connectivity index (χ4v) is 4.96. The molecule has 6 nitrogen and oxygen atoms in total. The molecule has 1 N–H and O–H groups in total. The van der Waals surface area contributed by atoms with Crippen molar-refractivity contribution in [2.24, 2.45) is 5.92 Å². The van der Waals surface area contributed by atoms with Crippen LogP contribution in [0.5, 0.6) is 0 Å². The summed E-state index contributed by atoms with van der Waals surface area (Å²) in [6, 6.07) is 16.6. The molecule has 0 bridgehead atoms. The minimum Gasteiger partial charge on any atom is -0.356 e. The first-order valence-electron chi connectivity index (χ1n) is 11.7. The zero-order valence-corrected chi connectivity index (χ0v) is 20.2. The predicted octanol–water partition coefficient (Wildman–Crippen LogP) is 4.86. The molecular weight excluding hydrogens is 432 g/mol. The summed E-state index contributed by atoms with van der Waals surface area (Å²) in [7, 11) is 0. The van der Waals surface area contributed by atoms with Crippen molar-refractivity contribution in [3.05, 3.63) is 65.5 Å². The van der Waals surface area contributed by atoms with Gasteiger partial charge in [0.25, 0.3) is 0 Å². The number of hydrogen-bond acceptors (Lipinski definition) is 6. The van der Waals surface area contributed by atoms with Gasteiger partial charge in [-0.05, 0) is 63.1 Å². The molecule has 0 spiro atoms. The third-order valence-corrected chi connectivity index (χ3v) is 7.10. The summed E-state index contributed by atoms with van der Waals surface area (Å²) >= 11 is 1.84. The molecule has 1 amide bonds. The molecule has 0 radical (unpaired) electrons. The van der Waals surface area contributed by atoms with Crippen LogP contribution in [0.3, 0.4) is 0 Å². The highest BCUT2D eigenvalue weighted by Gasteiger charge is 2.26. The molecule has 1 unspecified atom stereocenters. The third-order valence-electron chi connectivity index (χ3n) is 6.00. The second-order valence-corrected chi connectivity index (χ2v) is 9.88. The van der Waals surface area contributed by atoms with Gasteiger partial charge in [0.15, 0.2) is 0 Å². The maximum absolute atomic E-state index is 12.7. The smallest absolute Gasteiger partial charge is 0.241 e. The molecular formula is C26H32N4O2S. The Morgan fingerprint density at radius 3 is 2.82 bits per heavy atom. The van der Waals surface area contributed by atoms with E-state index in [1.54, 1.807) is 0 Å². The molecule has 0 saturated carbocycles. The van der Waals surface area contributed by atoms with Crippen LogP contribution in [0.25, 0.3) is 11.4 Å². The standard InChI is InChI=1S/C26H32N4O2S/c1-19-10-12-22(13-11-19)33-16-6-14-27-26(31)21-8-5-15-30(17-21)18-24-28-25(29-32-24)23-9-4-3-7-20(23)2/h3-4,7,9-13,21H,5-6,8,14-18H2,1-2H3,(H,27,31). The van der Waals surface area contributed by atoms with Crippen LogP contribution in [0.1, 0.15) is 36.3 Å². The Bertz CT molecular complexity index is 1050. The van der Waals surface area contributed by atoms with Crippen molar-refractivity contribution in [3.8, 4) is 11.4 Å². The van der Waals surface area contributed by atoms with Gasteiger partial charge in [-0.3, -0.25) is 9.69 Å². The van der Waals surface area contributed by atoms with Crippen LogP contribution < -0.4 is 5.32 Å². The molecule has 3 aromatic rings. The summed E-state index contributed by atoms with van der Waals surface area (Å²) in [6.45, 7) is 7.11. The number of carbonyl (C=O) groups is 1. The quantitative estimate of drug-likeness (QED) is 0.360. The van der Waals surface area contributed by atoms with Gasteiger partial charge in [-0.15, -0.1) is 11.8 Å². The van der Waals surface area contributed by atoms with E-state index in [2.05, 4.69) is 51.5 Å². The number of aromatic nitrogens is 2. The molecule has 174 valence electrons. The number of carbonyl (C=O) groups excluding carboxylic acids is 1. The maximum Gasteiger partial charge on any atom is 0.241 e. The second-order valence-electron chi connectivity index (χ2n) is 8.71. The third kappa shape index (κ3) is 6.68. The predicted molar refractivity (Wildman–Crippen MR) is 132 cm³/mol. The Kier molecular flexibility index (Phi) is 8.18. The van der Waals surface area contributed by atoms with Crippen LogP contribution in [-0.4, -0.2) is 46.3 Å². The molecule has 1 aliphatic rings. The van der Waals surface area contributed by atoms with Gasteiger partial charge >= 0.3 is 0 Å². The van der Waals surface area contributed by atoms with Crippen LogP contribution in [0.2, 0.25) is 0 Å². The minimum atomic E-state index is 0.0160. The van der Waals surface area contributed by atoms with E-state index in [0.29, 0.717) is 18.3 Å². The molecule has 0 aliphatic carbocycles. The van der Waals surface area contributed by atoms with E-state index in [0.717, 1.165) is 55.8 Å². The number of hydrogen-bond donors (Lipinski definition) is 1. The van der Waals surface area contributed by atoms with Gasteiger partial charge in [0.05, 0.1) is 12.5 Å². The van der Waals surface area contributed by atoms with Crippen LogP contribution in [0, 0.1) is 19.8 Å². The molecule has 1 aromatic heterocycles. The SMILES string of the molecule is Cc1ccc(SCCCNC(=O)C2CCCN(Cc3nc(-c4ccccc4C)no3)C2)cc1. The Morgan fingerprint density at radius 2 is 2.00 bits per heavy atom. The lowest BCUT2D eigenvalue weighted by molar-refractivity contribution is -0.126. The zero-order chi connectivity index (χ0) is 23.0. The average Bonchev–Trinajstić information content (AvgIpc) is 3.28. The number of rotatable bonds is 9. The molecule has 1 saturated heterocycles. The fraction of sp³-hybridized carbons (Fsp3) is 0.423. The number of benzene rings is 2. The van der Waals surface area contributed by atoms with Gasteiger partial charge in [0.2, 0.25) is 17.6 Å². The number of nitrogens with zero attached hydrogens (tertiary/aromatic N) is 3. The summed E-state index contributed by atoms with van der Waals surface area (Å²) < 4.78 is 5.50. The topological polar surface area (TPSA) is 71.3 Å². The molecule has 1 aliphatic heterocycles. The normalized spacial score (nSPS) is 16.6. The molecule has 2 aromatic carbocycles. The lowest BCUT2D eigenvalue weighted by atomic mass is 9.97. The lowest BCUT2D eigenvalue weighted by Gasteiger charge is -2.30. The monoisotopic (exact) mass is 464 g/mol. The van der Waals surface area contributed by atoms with E-state index >= 15 is 0 Å². The van der Waals surface area contributed by atoms with E-state index in [4.69, 9.17) is 4.52 Å². The molecule has 4 rings (SSSR count). The average molecular weight is 465 g/mol. The van der Waals surface area contributed by atoms with Gasteiger partial charge < -0.3 is 9.84 Å². The zero-order valence-electron chi connectivity index (χ0n) is 19.4. The van der Waals surface area contributed by atoms with E-state index in [9.17, 15) is 4.79 Å². The number of likely N-dealkylation sites (tertiary alicyclic amines) is 1. The van der Waals surface area contributed by atoms with E-state index in [1.807, 2.05) is 43.0 Å². The summed E-state index contributed by atoms with van der Waals surface area (Å²) in [5.41, 5.74) is 3.39. The van der Waals surface area contributed by atoms with Crippen LogP contribution in [-0.2, 0) is 11.3 Å². The van der Waals surface area contributed by atoms with Crippen molar-refractivity contribution in [2.45, 2.75) is 44.6 Å². The van der Waals surface area contributed by atoms with Gasteiger partial charge in [0.1, 0.15) is 0 Å². The largest absolute Gasteiger partial charge is 0.356 e.